The molecule has 608 valence electrons. The van der Waals surface area contributed by atoms with Gasteiger partial charge in [-0.25, -0.2) is 0 Å². The number of nitrogens with zero attached hydrogens (tertiary/aromatic N) is 6. The molecule has 6 heterocycles. The second-order valence-electron chi connectivity index (χ2n) is 33.7. The van der Waals surface area contributed by atoms with Crippen molar-refractivity contribution in [1.82, 2.24) is 27.4 Å². The molecule has 0 N–H and O–H groups in total. The fraction of sp³-hybridized carbons (Fsp3) is 0. The first-order valence-corrected chi connectivity index (χ1v) is 44.7. The highest BCUT2D eigenvalue weighted by atomic mass is 15.0. The third kappa shape index (κ3) is 12.5. The van der Waals surface area contributed by atoms with Crippen LogP contribution in [0.3, 0.4) is 0 Å². The van der Waals surface area contributed by atoms with E-state index in [1.807, 2.05) is 0 Å². The Morgan fingerprint density at radius 1 is 0.115 bits per heavy atom. The van der Waals surface area contributed by atoms with Crippen LogP contribution in [0.15, 0.2) is 497 Å². The van der Waals surface area contributed by atoms with E-state index in [9.17, 15) is 0 Å². The second kappa shape index (κ2) is 31.4. The molecule has 0 saturated heterocycles. The largest absolute Gasteiger partial charge is 0.309 e. The normalized spacial score (nSPS) is 11.7. The summed E-state index contributed by atoms with van der Waals surface area (Å²) in [5.74, 6) is 0. The molecule has 0 radical (unpaired) electrons. The van der Waals surface area contributed by atoms with Gasteiger partial charge in [0.2, 0.25) is 0 Å². The van der Waals surface area contributed by atoms with Gasteiger partial charge in [-0.3, -0.25) is 0 Å². The van der Waals surface area contributed by atoms with Crippen LogP contribution in [0.25, 0.3) is 231 Å². The predicted octanol–water partition coefficient (Wildman–Crippen LogP) is 33.1. The molecule has 27 rings (SSSR count). The summed E-state index contributed by atoms with van der Waals surface area (Å²) in [5.41, 5.74) is 33.9. The molecule has 0 amide bonds. The number of aromatic nitrogens is 6. The van der Waals surface area contributed by atoms with E-state index in [1.54, 1.807) is 0 Å². The topological polar surface area (TPSA) is 29.6 Å². The highest BCUT2D eigenvalue weighted by Gasteiger charge is 2.25. The van der Waals surface area contributed by atoms with Crippen LogP contribution in [-0.2, 0) is 0 Å². The van der Waals surface area contributed by atoms with Gasteiger partial charge >= 0.3 is 0 Å². The molecular formula is C124H82N6. The first kappa shape index (κ1) is 75.2. The lowest BCUT2D eigenvalue weighted by molar-refractivity contribution is 1.18. The zero-order valence-corrected chi connectivity index (χ0v) is 71.0. The van der Waals surface area contributed by atoms with Gasteiger partial charge in [-0.05, 0) is 201 Å². The molecule has 130 heavy (non-hydrogen) atoms. The summed E-state index contributed by atoms with van der Waals surface area (Å²) in [4.78, 5) is 0. The van der Waals surface area contributed by atoms with E-state index in [1.165, 1.54) is 220 Å². The van der Waals surface area contributed by atoms with Gasteiger partial charge in [0.15, 0.2) is 0 Å². The zero-order valence-electron chi connectivity index (χ0n) is 71.0. The highest BCUT2D eigenvalue weighted by molar-refractivity contribution is 6.21. The van der Waals surface area contributed by atoms with E-state index >= 15 is 0 Å². The lowest BCUT2D eigenvalue weighted by Gasteiger charge is -2.12. The van der Waals surface area contributed by atoms with Gasteiger partial charge in [0.05, 0.1) is 71.9 Å². The Balaban J connectivity index is 0.000000105. The summed E-state index contributed by atoms with van der Waals surface area (Å²) in [6, 6.07) is 180. The minimum absolute atomic E-state index is 1.16. The van der Waals surface area contributed by atoms with Crippen molar-refractivity contribution >= 4 is 142 Å². The molecule has 0 fully saturated rings. The summed E-state index contributed by atoms with van der Waals surface area (Å²) in [7, 11) is 0. The summed E-state index contributed by atoms with van der Waals surface area (Å²) in [6.07, 6.45) is 0. The second-order valence-corrected chi connectivity index (χ2v) is 33.7. The number of hydrogen-bond donors (Lipinski definition) is 0. The van der Waals surface area contributed by atoms with Crippen LogP contribution in [0.5, 0.6) is 0 Å². The van der Waals surface area contributed by atoms with E-state index in [0.717, 1.165) is 11.4 Å². The summed E-state index contributed by atoms with van der Waals surface area (Å²) in [5, 5.41) is 17.7. The van der Waals surface area contributed by atoms with Crippen LogP contribution < -0.4 is 0 Å². The van der Waals surface area contributed by atoms with Crippen molar-refractivity contribution in [2.45, 2.75) is 0 Å². The maximum Gasteiger partial charge on any atom is 0.0547 e. The summed E-state index contributed by atoms with van der Waals surface area (Å²) >= 11 is 0. The standard InChI is InChI=1S/2C42H28N2.C40H26N2/c1-3-12-29(13-4-1)30-22-25-33(26-23-30)43-39-20-10-8-17-37(39)42-34(18-11-21-40(42)43)31-24-27-36-35-16-7-9-19-38(35)44(41(36)28-31)32-14-5-2-6-15-32;1-3-12-29(13-4-1)30-22-25-33(26-23-30)44-38-19-9-7-16-35(38)36-27-24-31(28-41(36)44)34-18-11-21-40-42(34)37-17-8-10-20-39(37)43(40)32-14-5-2-6-15-32;1-2-14-29(15-3-1)41-36-20-8-6-17-32(36)33-25-24-28(26-39(33)41)31-19-11-23-38-40(31)34-18-7-9-21-37(34)42(38)35-22-10-13-27-12-4-5-16-30(27)35/h2*1-28H;1-26H. The minimum Gasteiger partial charge on any atom is -0.309 e. The lowest BCUT2D eigenvalue weighted by atomic mass is 9.98. The molecule has 6 nitrogen and oxygen atoms in total. The van der Waals surface area contributed by atoms with Crippen LogP contribution in [0, 0.1) is 0 Å². The fourth-order valence-corrected chi connectivity index (χ4v) is 20.8. The number of hydrogen-bond acceptors (Lipinski definition) is 0. The minimum atomic E-state index is 1.16. The number of rotatable bonds is 11. The maximum absolute atomic E-state index is 2.44. The Bertz CT molecular complexity index is 9060. The van der Waals surface area contributed by atoms with Crippen molar-refractivity contribution in [3.8, 4) is 89.8 Å². The van der Waals surface area contributed by atoms with Crippen molar-refractivity contribution in [2.75, 3.05) is 0 Å². The lowest BCUT2D eigenvalue weighted by Crippen LogP contribution is -1.95. The molecule has 6 heteroatoms. The SMILES string of the molecule is c1ccc(-c2ccc(-n3c4ccccc4c4c(-c5ccc6c7ccccc7n(-c7ccccc7)c6c5)cccc43)cc2)cc1.c1ccc(-c2ccc(-n3c4ccccc4c4ccc(-c5cccc6c5c5ccccc5n6-c5ccccc5)cc43)cc2)cc1.c1ccc(-n2c3ccccc3c3ccc(-c4cccc5c4c4ccccc4n5-c4cccc5ccccc45)cc32)cc1. The molecule has 0 bridgehead atoms. The number of fused-ring (bicyclic) bond motifs is 19. The van der Waals surface area contributed by atoms with Crippen LogP contribution in [0.4, 0.5) is 0 Å². The number of benzene rings is 21. The first-order valence-electron chi connectivity index (χ1n) is 44.7. The average molecular weight is 1660 g/mol. The van der Waals surface area contributed by atoms with Crippen LogP contribution in [-0.4, -0.2) is 27.4 Å². The van der Waals surface area contributed by atoms with Crippen molar-refractivity contribution in [3.63, 3.8) is 0 Å². The quantitative estimate of drug-likeness (QED) is 0.124. The van der Waals surface area contributed by atoms with Gasteiger partial charge in [-0.1, -0.05) is 358 Å². The average Bonchev–Trinajstić information content (AvgIpc) is 1.57. The molecule has 27 aromatic rings. The molecule has 0 aliphatic heterocycles. The Morgan fingerprint density at radius 2 is 0.338 bits per heavy atom. The monoisotopic (exact) mass is 1650 g/mol. The Kier molecular flexibility index (Phi) is 18.2. The van der Waals surface area contributed by atoms with E-state index in [0.29, 0.717) is 0 Å². The molecule has 0 aliphatic rings. The molecule has 21 aromatic carbocycles. The van der Waals surface area contributed by atoms with Crippen LogP contribution in [0.2, 0.25) is 0 Å². The van der Waals surface area contributed by atoms with E-state index in [-0.39, 0.29) is 0 Å². The Hall–Kier alpha value is -17.3. The molecule has 0 spiro atoms. The van der Waals surface area contributed by atoms with Crippen LogP contribution >= 0.6 is 0 Å². The number of para-hydroxylation sites is 9. The predicted molar refractivity (Wildman–Crippen MR) is 550 cm³/mol. The molecule has 0 unspecified atom stereocenters. The van der Waals surface area contributed by atoms with Gasteiger partial charge in [0, 0.05) is 98.5 Å². The van der Waals surface area contributed by atoms with Crippen LogP contribution in [0.1, 0.15) is 0 Å². The van der Waals surface area contributed by atoms with E-state index in [2.05, 4.69) is 525 Å². The first-order chi connectivity index (χ1) is 64.6. The zero-order chi connectivity index (χ0) is 85.7. The Labute approximate surface area is 751 Å². The fourth-order valence-electron chi connectivity index (χ4n) is 20.8. The third-order valence-corrected chi connectivity index (χ3v) is 26.6. The van der Waals surface area contributed by atoms with Gasteiger partial charge in [-0.15, -0.1) is 0 Å². The van der Waals surface area contributed by atoms with Gasteiger partial charge in [0.25, 0.3) is 0 Å². The maximum atomic E-state index is 2.44. The van der Waals surface area contributed by atoms with E-state index in [4.69, 9.17) is 0 Å². The van der Waals surface area contributed by atoms with Gasteiger partial charge in [-0.2, -0.15) is 0 Å². The third-order valence-electron chi connectivity index (χ3n) is 26.6. The molecular weight excluding hydrogens is 1570 g/mol. The van der Waals surface area contributed by atoms with E-state index < -0.39 is 0 Å². The Morgan fingerprint density at radius 3 is 0.692 bits per heavy atom. The molecule has 0 aliphatic carbocycles. The van der Waals surface area contributed by atoms with Gasteiger partial charge < -0.3 is 27.4 Å². The molecule has 6 aromatic heterocycles. The molecule has 0 saturated carbocycles. The summed E-state index contributed by atoms with van der Waals surface area (Å²) < 4.78 is 14.4. The van der Waals surface area contributed by atoms with Crippen molar-refractivity contribution in [1.29, 1.82) is 0 Å². The summed E-state index contributed by atoms with van der Waals surface area (Å²) in [6.45, 7) is 0. The van der Waals surface area contributed by atoms with Crippen molar-refractivity contribution in [2.24, 2.45) is 0 Å². The van der Waals surface area contributed by atoms with Crippen molar-refractivity contribution < 1.29 is 0 Å². The molecule has 0 atom stereocenters. The van der Waals surface area contributed by atoms with Gasteiger partial charge in [0.1, 0.15) is 0 Å². The smallest absolute Gasteiger partial charge is 0.0547 e. The highest BCUT2D eigenvalue weighted by Crippen LogP contribution is 2.47. The van der Waals surface area contributed by atoms with Crippen molar-refractivity contribution in [3.05, 3.63) is 497 Å².